The zero-order valence-electron chi connectivity index (χ0n) is 22.5. The van der Waals surface area contributed by atoms with Crippen LogP contribution in [0.4, 0.5) is 5.82 Å². The molecular weight excluding hydrogens is 502 g/mol. The van der Waals surface area contributed by atoms with Crippen molar-refractivity contribution in [1.29, 1.82) is 0 Å². The number of pyridine rings is 1. The van der Waals surface area contributed by atoms with E-state index in [1.165, 1.54) is 4.68 Å². The molecule has 0 spiro atoms. The van der Waals surface area contributed by atoms with Crippen molar-refractivity contribution in [2.75, 3.05) is 24.2 Å². The van der Waals surface area contributed by atoms with E-state index in [0.29, 0.717) is 35.0 Å². The zero-order valence-corrected chi connectivity index (χ0v) is 22.5. The molecular formula is C31H33N7O2. The molecule has 204 valence electrons. The number of amides is 2. The van der Waals surface area contributed by atoms with E-state index in [1.54, 1.807) is 30.5 Å². The van der Waals surface area contributed by atoms with Gasteiger partial charge in [-0.2, -0.15) is 0 Å². The second kappa shape index (κ2) is 11.5. The highest BCUT2D eigenvalue weighted by Crippen LogP contribution is 2.35. The highest BCUT2D eigenvalue weighted by Gasteiger charge is 2.33. The molecule has 0 saturated carbocycles. The quantitative estimate of drug-likeness (QED) is 0.272. The van der Waals surface area contributed by atoms with Crippen LogP contribution in [0.2, 0.25) is 0 Å². The van der Waals surface area contributed by atoms with E-state index < -0.39 is 5.91 Å². The zero-order chi connectivity index (χ0) is 28.2. The van der Waals surface area contributed by atoms with Gasteiger partial charge in [0.05, 0.1) is 6.04 Å². The Morgan fingerprint density at radius 3 is 2.52 bits per heavy atom. The van der Waals surface area contributed by atoms with Gasteiger partial charge in [-0.3, -0.25) is 14.5 Å². The maximum absolute atomic E-state index is 12.8. The predicted molar refractivity (Wildman–Crippen MR) is 157 cm³/mol. The predicted octanol–water partition coefficient (Wildman–Crippen LogP) is 4.42. The molecule has 5 rings (SSSR count). The fraction of sp³-hybridized carbons (Fsp3) is 0.226. The minimum atomic E-state index is -0.668. The van der Waals surface area contributed by atoms with Crippen molar-refractivity contribution in [1.82, 2.24) is 19.5 Å². The van der Waals surface area contributed by atoms with E-state index in [-0.39, 0.29) is 17.6 Å². The van der Waals surface area contributed by atoms with Gasteiger partial charge in [-0.25, -0.2) is 14.6 Å². The van der Waals surface area contributed by atoms with Crippen molar-refractivity contribution in [2.24, 2.45) is 5.73 Å². The number of carbonyl (C=O) groups excluding carboxylic acids is 2. The summed E-state index contributed by atoms with van der Waals surface area (Å²) in [7, 11) is 0. The van der Waals surface area contributed by atoms with E-state index in [0.717, 1.165) is 42.5 Å². The second-order valence-corrected chi connectivity index (χ2v) is 9.93. The number of primary amides is 1. The summed E-state index contributed by atoms with van der Waals surface area (Å²) in [5.41, 5.74) is 10.5. The van der Waals surface area contributed by atoms with E-state index in [9.17, 15) is 9.59 Å². The Bertz CT molecular complexity index is 1540. The minimum Gasteiger partial charge on any atom is -0.364 e. The van der Waals surface area contributed by atoms with Gasteiger partial charge >= 0.3 is 0 Å². The Kier molecular flexibility index (Phi) is 7.75. The fourth-order valence-corrected chi connectivity index (χ4v) is 5.17. The molecule has 5 N–H and O–H groups in total. The van der Waals surface area contributed by atoms with Crippen LogP contribution in [0, 0.1) is 0 Å². The molecule has 0 radical (unpaired) electrons. The maximum Gasteiger partial charge on any atom is 0.269 e. The molecule has 1 saturated heterocycles. The molecule has 0 unspecified atom stereocenters. The fourth-order valence-electron chi connectivity index (χ4n) is 5.17. The van der Waals surface area contributed by atoms with E-state index in [4.69, 9.17) is 16.6 Å². The summed E-state index contributed by atoms with van der Waals surface area (Å²) in [6.45, 7) is 7.85. The molecule has 1 fully saturated rings. The Labute approximate surface area is 233 Å². The molecule has 1 aliphatic heterocycles. The molecule has 0 aliphatic carbocycles. The first kappa shape index (κ1) is 26.8. The first-order valence-electron chi connectivity index (χ1n) is 13.4. The van der Waals surface area contributed by atoms with Crippen LogP contribution in [0.15, 0.2) is 79.5 Å². The Balaban J connectivity index is 1.38. The molecule has 1 aliphatic rings. The summed E-state index contributed by atoms with van der Waals surface area (Å²) in [4.78, 5) is 36.7. The van der Waals surface area contributed by atoms with Crippen LogP contribution in [-0.2, 0) is 6.42 Å². The molecule has 3 heterocycles. The van der Waals surface area contributed by atoms with E-state index >= 15 is 0 Å². The van der Waals surface area contributed by atoms with Crippen LogP contribution < -0.4 is 16.9 Å². The number of nitrogens with one attached hydrogen (secondary N) is 1. The van der Waals surface area contributed by atoms with Gasteiger partial charge in [0, 0.05) is 23.9 Å². The smallest absolute Gasteiger partial charge is 0.269 e. The molecule has 0 bridgehead atoms. The first-order chi connectivity index (χ1) is 19.4. The summed E-state index contributed by atoms with van der Waals surface area (Å²) in [6.07, 6.45) is 4.34. The summed E-state index contributed by atoms with van der Waals surface area (Å²) in [5, 5.41) is 2.83. The average Bonchev–Trinajstić information content (AvgIpc) is 3.57. The van der Waals surface area contributed by atoms with Crippen LogP contribution >= 0.6 is 0 Å². The van der Waals surface area contributed by atoms with Crippen molar-refractivity contribution in [3.8, 4) is 11.3 Å². The molecule has 2 aromatic carbocycles. The highest BCUT2D eigenvalue weighted by atomic mass is 16.2. The third kappa shape index (κ3) is 5.50. The summed E-state index contributed by atoms with van der Waals surface area (Å²) >= 11 is 0. The highest BCUT2D eigenvalue weighted by molar-refractivity contribution is 6.04. The number of rotatable bonds is 9. The maximum atomic E-state index is 12.8. The Hall–Kier alpha value is -4.76. The Morgan fingerprint density at radius 2 is 1.82 bits per heavy atom. The number of nitrogens with two attached hydrogens (primary N) is 2. The number of hydrogen-bond acceptors (Lipinski definition) is 6. The van der Waals surface area contributed by atoms with Crippen molar-refractivity contribution < 1.29 is 9.59 Å². The number of hydrogen-bond donors (Lipinski definition) is 3. The van der Waals surface area contributed by atoms with Gasteiger partial charge in [0.15, 0.2) is 5.69 Å². The number of imidazole rings is 1. The minimum absolute atomic E-state index is 0.0891. The van der Waals surface area contributed by atoms with Gasteiger partial charge in [-0.15, -0.1) is 0 Å². The number of anilines is 1. The molecule has 2 aromatic heterocycles. The number of aromatic nitrogens is 3. The number of nitrogen functional groups attached to an aromatic ring is 1. The van der Waals surface area contributed by atoms with Gasteiger partial charge in [-0.05, 0) is 66.8 Å². The van der Waals surface area contributed by atoms with Crippen LogP contribution in [0.3, 0.4) is 0 Å². The summed E-state index contributed by atoms with van der Waals surface area (Å²) in [6, 6.07) is 20.6. The van der Waals surface area contributed by atoms with Gasteiger partial charge in [0.2, 0.25) is 0 Å². The van der Waals surface area contributed by atoms with Gasteiger partial charge in [0.1, 0.15) is 17.3 Å². The largest absolute Gasteiger partial charge is 0.364 e. The van der Waals surface area contributed by atoms with Crippen LogP contribution in [0.1, 0.15) is 63.6 Å². The summed E-state index contributed by atoms with van der Waals surface area (Å²) < 4.78 is 1.32. The van der Waals surface area contributed by atoms with Crippen molar-refractivity contribution >= 4 is 23.2 Å². The topological polar surface area (TPSA) is 132 Å². The molecule has 4 aromatic rings. The third-order valence-corrected chi connectivity index (χ3v) is 7.30. The number of likely N-dealkylation sites (tertiary alicyclic amines) is 1. The standard InChI is InChI=1S/C31H33N7O2/c1-3-21-15-16-34-26(18-21)35-31(40)24-13-11-23(12-14-24)27-28(29(32)39)38(33)30(36-27)25-10-7-17-37(25)19-20(2)22-8-5-4-6-9-22/h4-6,8-9,11-16,18,25H,2-3,7,10,17,19,33H2,1H3,(H2,32,39)(H,34,35,40)/t25-/m0/s1. The van der Waals surface area contributed by atoms with Crippen molar-refractivity contribution in [3.63, 3.8) is 0 Å². The Morgan fingerprint density at radius 1 is 1.07 bits per heavy atom. The number of aryl methyl sites for hydroxylation is 1. The molecule has 40 heavy (non-hydrogen) atoms. The number of carbonyl (C=O) groups is 2. The van der Waals surface area contributed by atoms with Crippen LogP contribution in [-0.4, -0.2) is 44.4 Å². The molecule has 9 heteroatoms. The van der Waals surface area contributed by atoms with Crippen LogP contribution in [0.5, 0.6) is 0 Å². The SMILES string of the molecule is C=C(CN1CCC[C@H]1c1nc(-c2ccc(C(=O)Nc3cc(CC)ccn3)cc2)c(C(N)=O)n1N)c1ccccc1. The lowest BCUT2D eigenvalue weighted by atomic mass is 10.1. The van der Waals surface area contributed by atoms with Gasteiger partial charge in [0.25, 0.3) is 11.8 Å². The lowest BCUT2D eigenvalue weighted by Crippen LogP contribution is -2.30. The van der Waals surface area contributed by atoms with Gasteiger partial charge in [-0.1, -0.05) is 56.0 Å². The van der Waals surface area contributed by atoms with Crippen LogP contribution in [0.25, 0.3) is 16.8 Å². The molecule has 2 amide bonds. The van der Waals surface area contributed by atoms with Crippen molar-refractivity contribution in [2.45, 2.75) is 32.2 Å². The third-order valence-electron chi connectivity index (χ3n) is 7.30. The van der Waals surface area contributed by atoms with E-state index in [2.05, 4.69) is 21.8 Å². The van der Waals surface area contributed by atoms with Gasteiger partial charge < -0.3 is 16.9 Å². The van der Waals surface area contributed by atoms with Crippen molar-refractivity contribution in [3.05, 3.63) is 108 Å². The lowest BCUT2D eigenvalue weighted by molar-refractivity contribution is 0.0991. The molecule has 1 atom stereocenters. The second-order valence-electron chi connectivity index (χ2n) is 9.93. The first-order valence-corrected chi connectivity index (χ1v) is 13.4. The summed E-state index contributed by atoms with van der Waals surface area (Å²) in [5.74, 6) is 6.56. The normalized spacial score (nSPS) is 15.2. The van der Waals surface area contributed by atoms with E-state index in [1.807, 2.05) is 49.4 Å². The number of benzene rings is 2. The molecule has 9 nitrogen and oxygen atoms in total. The average molecular weight is 536 g/mol. The monoisotopic (exact) mass is 535 g/mol. The lowest BCUT2D eigenvalue weighted by Gasteiger charge is -2.25. The number of nitrogens with zero attached hydrogens (tertiary/aromatic N) is 4.